The van der Waals surface area contributed by atoms with E-state index in [9.17, 15) is 4.79 Å². The lowest BCUT2D eigenvalue weighted by molar-refractivity contribution is 0.130. The van der Waals surface area contributed by atoms with Crippen LogP contribution in [-0.2, 0) is 4.74 Å². The molecule has 0 bridgehead atoms. The highest BCUT2D eigenvalue weighted by Crippen LogP contribution is 2.27. The van der Waals surface area contributed by atoms with Crippen LogP contribution in [0.1, 0.15) is 12.0 Å². The summed E-state index contributed by atoms with van der Waals surface area (Å²) in [5.41, 5.74) is 7.65. The molecule has 1 amide bonds. The number of amides is 1. The molecule has 1 aliphatic heterocycles. The van der Waals surface area contributed by atoms with E-state index in [1.807, 2.05) is 25.1 Å². The Morgan fingerprint density at radius 1 is 1.59 bits per heavy atom. The molecule has 1 aromatic carbocycles. The zero-order valence-electron chi connectivity index (χ0n) is 9.65. The van der Waals surface area contributed by atoms with Crippen LogP contribution in [0.3, 0.4) is 0 Å². The molecular weight excluding hydrogens is 284 g/mol. The smallest absolute Gasteiger partial charge is 0.414 e. The topological polar surface area (TPSA) is 55.6 Å². The lowest BCUT2D eigenvalue weighted by atomic mass is 10.1. The minimum atomic E-state index is -0.317. The molecule has 5 heteroatoms. The highest BCUT2D eigenvalue weighted by atomic mass is 79.9. The van der Waals surface area contributed by atoms with Crippen molar-refractivity contribution in [1.82, 2.24) is 0 Å². The fraction of sp³-hybridized carbons (Fsp3) is 0.417. The fourth-order valence-corrected chi connectivity index (χ4v) is 2.27. The molecule has 1 aliphatic rings. The van der Waals surface area contributed by atoms with Crippen molar-refractivity contribution < 1.29 is 9.53 Å². The van der Waals surface area contributed by atoms with Gasteiger partial charge in [0.1, 0.15) is 0 Å². The molecule has 1 fully saturated rings. The summed E-state index contributed by atoms with van der Waals surface area (Å²) >= 11 is 3.46. The number of nitrogens with two attached hydrogens (primary N) is 1. The van der Waals surface area contributed by atoms with Gasteiger partial charge in [0.2, 0.25) is 0 Å². The number of anilines is 1. The van der Waals surface area contributed by atoms with Crippen molar-refractivity contribution in [3.8, 4) is 0 Å². The predicted molar refractivity (Wildman–Crippen MR) is 70.2 cm³/mol. The Morgan fingerprint density at radius 3 is 3.00 bits per heavy atom. The summed E-state index contributed by atoms with van der Waals surface area (Å²) < 4.78 is 6.04. The molecule has 1 unspecified atom stereocenters. The second-order valence-corrected chi connectivity index (χ2v) is 4.95. The molecule has 4 nitrogen and oxygen atoms in total. The highest BCUT2D eigenvalue weighted by molar-refractivity contribution is 9.10. The monoisotopic (exact) mass is 298 g/mol. The van der Waals surface area contributed by atoms with Gasteiger partial charge in [-0.25, -0.2) is 4.79 Å². The first kappa shape index (κ1) is 12.4. The number of benzene rings is 1. The van der Waals surface area contributed by atoms with E-state index in [0.29, 0.717) is 13.2 Å². The lowest BCUT2D eigenvalue weighted by Crippen LogP contribution is -2.49. The second kappa shape index (κ2) is 5.06. The quantitative estimate of drug-likeness (QED) is 0.912. The first-order valence-corrected chi connectivity index (χ1v) is 6.35. The number of nitrogens with zero attached hydrogens (tertiary/aromatic N) is 1. The zero-order chi connectivity index (χ0) is 12.4. The minimum absolute atomic E-state index is 0.0193. The van der Waals surface area contributed by atoms with Gasteiger partial charge in [-0.1, -0.05) is 22.0 Å². The molecule has 2 N–H and O–H groups in total. The van der Waals surface area contributed by atoms with Gasteiger partial charge in [0, 0.05) is 23.1 Å². The van der Waals surface area contributed by atoms with Gasteiger partial charge in [0.15, 0.2) is 0 Å². The Kier molecular flexibility index (Phi) is 3.69. The van der Waals surface area contributed by atoms with E-state index in [1.54, 1.807) is 4.90 Å². The molecule has 1 saturated heterocycles. The Hall–Kier alpha value is -1.07. The van der Waals surface area contributed by atoms with Crippen LogP contribution in [0.15, 0.2) is 22.7 Å². The van der Waals surface area contributed by atoms with Crippen molar-refractivity contribution in [3.63, 3.8) is 0 Å². The largest absolute Gasteiger partial charge is 0.449 e. The van der Waals surface area contributed by atoms with Gasteiger partial charge in [-0.3, -0.25) is 4.90 Å². The Bertz CT molecular complexity index is 437. The summed E-state index contributed by atoms with van der Waals surface area (Å²) in [5, 5.41) is 0. The van der Waals surface area contributed by atoms with Gasteiger partial charge in [-0.15, -0.1) is 0 Å². The maximum absolute atomic E-state index is 11.8. The minimum Gasteiger partial charge on any atom is -0.449 e. The second-order valence-electron chi connectivity index (χ2n) is 4.10. The van der Waals surface area contributed by atoms with Crippen molar-refractivity contribution in [3.05, 3.63) is 28.2 Å². The number of cyclic esters (lactones) is 1. The number of ether oxygens (including phenoxy) is 1. The van der Waals surface area contributed by atoms with Gasteiger partial charge < -0.3 is 10.5 Å². The molecule has 2 rings (SSSR count). The normalized spacial score (nSPS) is 20.3. The number of hydrogen-bond donors (Lipinski definition) is 1. The number of hydrogen-bond acceptors (Lipinski definition) is 3. The summed E-state index contributed by atoms with van der Waals surface area (Å²) in [6, 6.07) is 5.82. The average Bonchev–Trinajstić information content (AvgIpc) is 2.32. The van der Waals surface area contributed by atoms with Gasteiger partial charge in [-0.05, 0) is 24.6 Å². The lowest BCUT2D eigenvalue weighted by Gasteiger charge is -2.34. The molecule has 1 aromatic rings. The third-order valence-electron chi connectivity index (χ3n) is 2.94. The third kappa shape index (κ3) is 2.45. The van der Waals surface area contributed by atoms with Crippen LogP contribution in [0.2, 0.25) is 0 Å². The number of carbonyl (C=O) groups excluding carboxylic acids is 1. The molecular formula is C12H15BrN2O2. The van der Waals surface area contributed by atoms with Gasteiger partial charge in [0.05, 0.1) is 12.6 Å². The van der Waals surface area contributed by atoms with Gasteiger partial charge in [0.25, 0.3) is 0 Å². The molecule has 0 aliphatic carbocycles. The third-order valence-corrected chi connectivity index (χ3v) is 3.80. The maximum atomic E-state index is 11.8. The van der Waals surface area contributed by atoms with Crippen LogP contribution in [0.4, 0.5) is 10.5 Å². The van der Waals surface area contributed by atoms with Crippen LogP contribution >= 0.6 is 15.9 Å². The average molecular weight is 299 g/mol. The molecule has 92 valence electrons. The van der Waals surface area contributed by atoms with Crippen molar-refractivity contribution in [1.29, 1.82) is 0 Å². The van der Waals surface area contributed by atoms with Crippen LogP contribution in [0.5, 0.6) is 0 Å². The van der Waals surface area contributed by atoms with E-state index in [2.05, 4.69) is 15.9 Å². The maximum Gasteiger partial charge on any atom is 0.414 e. The fourth-order valence-electron chi connectivity index (χ4n) is 1.90. The predicted octanol–water partition coefficient (Wildman–Crippen LogP) is 2.43. The van der Waals surface area contributed by atoms with E-state index in [1.165, 1.54) is 0 Å². The molecule has 1 atom stereocenters. The molecule has 17 heavy (non-hydrogen) atoms. The van der Waals surface area contributed by atoms with Gasteiger partial charge in [-0.2, -0.15) is 0 Å². The Labute approximate surface area is 109 Å². The summed E-state index contributed by atoms with van der Waals surface area (Å²) in [4.78, 5) is 13.4. The number of rotatable bonds is 2. The SMILES string of the molecule is Cc1ccc(N2C(=O)OCCC2CN)cc1Br. The molecule has 1 heterocycles. The number of halogens is 1. The summed E-state index contributed by atoms with van der Waals surface area (Å²) in [6.45, 7) is 2.90. The van der Waals surface area contributed by atoms with E-state index in [-0.39, 0.29) is 12.1 Å². The Balaban J connectivity index is 2.34. The summed E-state index contributed by atoms with van der Waals surface area (Å²) in [7, 11) is 0. The van der Waals surface area contributed by atoms with E-state index < -0.39 is 0 Å². The van der Waals surface area contributed by atoms with Crippen LogP contribution < -0.4 is 10.6 Å². The highest BCUT2D eigenvalue weighted by Gasteiger charge is 2.30. The summed E-state index contributed by atoms with van der Waals surface area (Å²) in [5.74, 6) is 0. The molecule has 0 aromatic heterocycles. The Morgan fingerprint density at radius 2 is 2.35 bits per heavy atom. The van der Waals surface area contributed by atoms with Crippen molar-refractivity contribution in [2.45, 2.75) is 19.4 Å². The number of aryl methyl sites for hydroxylation is 1. The number of carbonyl (C=O) groups is 1. The standard InChI is InChI=1S/C12H15BrN2O2/c1-8-2-3-9(6-11(8)13)15-10(7-14)4-5-17-12(15)16/h2-3,6,10H,4-5,7,14H2,1H3. The zero-order valence-corrected chi connectivity index (χ0v) is 11.2. The van der Waals surface area contributed by atoms with Crippen molar-refractivity contribution in [2.75, 3.05) is 18.1 Å². The van der Waals surface area contributed by atoms with Crippen molar-refractivity contribution in [2.24, 2.45) is 5.73 Å². The first-order chi connectivity index (χ1) is 8.13. The van der Waals surface area contributed by atoms with E-state index in [0.717, 1.165) is 22.1 Å². The first-order valence-electron chi connectivity index (χ1n) is 5.55. The van der Waals surface area contributed by atoms with Crippen LogP contribution in [0, 0.1) is 6.92 Å². The van der Waals surface area contributed by atoms with Crippen molar-refractivity contribution >= 4 is 27.7 Å². The van der Waals surface area contributed by atoms with Gasteiger partial charge >= 0.3 is 6.09 Å². The van der Waals surface area contributed by atoms with E-state index in [4.69, 9.17) is 10.5 Å². The molecule has 0 radical (unpaired) electrons. The van der Waals surface area contributed by atoms with Crippen LogP contribution in [-0.4, -0.2) is 25.3 Å². The van der Waals surface area contributed by atoms with Crippen LogP contribution in [0.25, 0.3) is 0 Å². The summed E-state index contributed by atoms with van der Waals surface area (Å²) in [6.07, 6.45) is 0.454. The molecule has 0 saturated carbocycles. The van der Waals surface area contributed by atoms with E-state index >= 15 is 0 Å². The molecule has 0 spiro atoms.